The number of hydrogen-bond acceptors (Lipinski definition) is 5. The molecule has 0 radical (unpaired) electrons. The summed E-state index contributed by atoms with van der Waals surface area (Å²) in [6.07, 6.45) is 4.52. The van der Waals surface area contributed by atoms with Crippen LogP contribution in [-0.4, -0.2) is 48.3 Å². The Hall–Kier alpha value is -1.10. The Morgan fingerprint density at radius 2 is 2.21 bits per heavy atom. The van der Waals surface area contributed by atoms with Gasteiger partial charge >= 0.3 is 6.01 Å². The van der Waals surface area contributed by atoms with Crippen molar-refractivity contribution in [1.82, 2.24) is 15.1 Å². The van der Waals surface area contributed by atoms with Gasteiger partial charge in [-0.05, 0) is 38.3 Å². The minimum Gasteiger partial charge on any atom is -0.408 e. The number of aryl methyl sites for hydroxylation is 1. The van der Waals surface area contributed by atoms with E-state index in [9.17, 15) is 0 Å². The van der Waals surface area contributed by atoms with Gasteiger partial charge in [-0.2, -0.15) is 0 Å². The summed E-state index contributed by atoms with van der Waals surface area (Å²) >= 11 is 0. The third kappa shape index (κ3) is 3.93. The van der Waals surface area contributed by atoms with E-state index in [0.29, 0.717) is 11.9 Å². The van der Waals surface area contributed by atoms with Crippen LogP contribution in [0.1, 0.15) is 39.0 Å². The van der Waals surface area contributed by atoms with E-state index in [1.54, 1.807) is 0 Å². The highest BCUT2D eigenvalue weighted by atomic mass is 16.4. The first-order valence-electron chi connectivity index (χ1n) is 7.48. The summed E-state index contributed by atoms with van der Waals surface area (Å²) in [6.45, 7) is 8.95. The molecule has 2 heterocycles. The second-order valence-electron chi connectivity index (χ2n) is 5.51. The largest absolute Gasteiger partial charge is 0.408 e. The van der Waals surface area contributed by atoms with E-state index in [-0.39, 0.29) is 0 Å². The smallest absolute Gasteiger partial charge is 0.317 e. The van der Waals surface area contributed by atoms with Crippen molar-refractivity contribution in [1.29, 1.82) is 0 Å². The van der Waals surface area contributed by atoms with Crippen molar-refractivity contribution in [3.63, 3.8) is 0 Å². The lowest BCUT2D eigenvalue weighted by Crippen LogP contribution is -2.40. The van der Waals surface area contributed by atoms with Gasteiger partial charge in [-0.1, -0.05) is 18.9 Å². The van der Waals surface area contributed by atoms with E-state index in [1.165, 1.54) is 25.9 Å². The topological polar surface area (TPSA) is 45.4 Å². The molecule has 0 aliphatic carbocycles. The summed E-state index contributed by atoms with van der Waals surface area (Å²) in [5.74, 6) is 1.46. The van der Waals surface area contributed by atoms with Gasteiger partial charge in [0.15, 0.2) is 0 Å². The average molecular weight is 266 g/mol. The highest BCUT2D eigenvalue weighted by Gasteiger charge is 2.21. The summed E-state index contributed by atoms with van der Waals surface area (Å²) in [4.78, 5) is 4.63. The van der Waals surface area contributed by atoms with Gasteiger partial charge in [0, 0.05) is 26.6 Å². The first-order chi connectivity index (χ1) is 9.22. The molecule has 5 heteroatoms. The van der Waals surface area contributed by atoms with Crippen molar-refractivity contribution >= 4 is 6.01 Å². The summed E-state index contributed by atoms with van der Waals surface area (Å²) in [6, 6.07) is 0.664. The predicted octanol–water partition coefficient (Wildman–Crippen LogP) is 2.19. The van der Waals surface area contributed by atoms with Crippen molar-refractivity contribution in [2.24, 2.45) is 5.92 Å². The lowest BCUT2D eigenvalue weighted by molar-refractivity contribution is 0.184. The molecule has 0 aromatic carbocycles. The molecule has 0 unspecified atom stereocenters. The molecule has 1 saturated heterocycles. The van der Waals surface area contributed by atoms with Crippen molar-refractivity contribution in [3.05, 3.63) is 5.89 Å². The first-order valence-corrected chi connectivity index (χ1v) is 7.48. The first kappa shape index (κ1) is 14.3. The normalized spacial score (nSPS) is 20.7. The maximum atomic E-state index is 5.67. The molecule has 0 bridgehead atoms. The molecule has 0 N–H and O–H groups in total. The van der Waals surface area contributed by atoms with Gasteiger partial charge < -0.3 is 14.2 Å². The molecule has 1 aliphatic heterocycles. The standard InChI is InChI=1S/C14H26N4O/c1-4-7-13-15-16-14(19-13)17(3)10-12-8-6-9-18(5-2)11-12/h12H,4-11H2,1-3H3/t12-/m1/s1. The monoisotopic (exact) mass is 266 g/mol. The number of nitrogens with zero attached hydrogens (tertiary/aromatic N) is 4. The number of aromatic nitrogens is 2. The number of rotatable bonds is 6. The van der Waals surface area contributed by atoms with Crippen LogP contribution in [-0.2, 0) is 6.42 Å². The summed E-state index contributed by atoms with van der Waals surface area (Å²) < 4.78 is 5.67. The number of piperidine rings is 1. The Balaban J connectivity index is 1.86. The van der Waals surface area contributed by atoms with E-state index >= 15 is 0 Å². The Morgan fingerprint density at radius 3 is 2.95 bits per heavy atom. The van der Waals surface area contributed by atoms with Crippen LogP contribution >= 0.6 is 0 Å². The Bertz CT molecular complexity index is 379. The number of hydrogen-bond donors (Lipinski definition) is 0. The van der Waals surface area contributed by atoms with E-state index in [1.807, 2.05) is 7.05 Å². The van der Waals surface area contributed by atoms with Crippen LogP contribution in [0, 0.1) is 5.92 Å². The molecule has 1 aliphatic rings. The molecule has 2 rings (SSSR count). The SMILES string of the molecule is CCCc1nnc(N(C)C[C@H]2CCCN(CC)C2)o1. The number of anilines is 1. The van der Waals surface area contributed by atoms with Crippen molar-refractivity contribution in [2.45, 2.75) is 39.5 Å². The second-order valence-corrected chi connectivity index (χ2v) is 5.51. The second kappa shape index (κ2) is 6.89. The molecule has 0 saturated carbocycles. The molecule has 19 heavy (non-hydrogen) atoms. The molecule has 1 aromatic rings. The molecule has 1 atom stereocenters. The summed E-state index contributed by atoms with van der Waals surface area (Å²) in [5, 5.41) is 8.22. The maximum Gasteiger partial charge on any atom is 0.317 e. The lowest BCUT2D eigenvalue weighted by Gasteiger charge is -2.33. The zero-order chi connectivity index (χ0) is 13.7. The quantitative estimate of drug-likeness (QED) is 0.790. The van der Waals surface area contributed by atoms with Crippen molar-refractivity contribution < 1.29 is 4.42 Å². The summed E-state index contributed by atoms with van der Waals surface area (Å²) in [5.41, 5.74) is 0. The molecule has 5 nitrogen and oxygen atoms in total. The van der Waals surface area contributed by atoms with Crippen molar-refractivity contribution in [2.75, 3.05) is 38.1 Å². The Morgan fingerprint density at radius 1 is 1.37 bits per heavy atom. The number of likely N-dealkylation sites (tertiary alicyclic amines) is 1. The highest BCUT2D eigenvalue weighted by molar-refractivity contribution is 5.22. The van der Waals surface area contributed by atoms with Crippen LogP contribution in [0.4, 0.5) is 6.01 Å². The van der Waals surface area contributed by atoms with Crippen LogP contribution in [0.5, 0.6) is 0 Å². The van der Waals surface area contributed by atoms with Gasteiger partial charge in [-0.15, -0.1) is 5.10 Å². The van der Waals surface area contributed by atoms with E-state index < -0.39 is 0 Å². The third-order valence-electron chi connectivity index (χ3n) is 3.83. The van der Waals surface area contributed by atoms with Crippen LogP contribution in [0.2, 0.25) is 0 Å². The van der Waals surface area contributed by atoms with Gasteiger partial charge in [0.2, 0.25) is 5.89 Å². The summed E-state index contributed by atoms with van der Waals surface area (Å²) in [7, 11) is 2.05. The minimum absolute atomic E-state index is 0.664. The van der Waals surface area contributed by atoms with Gasteiger partial charge in [-0.25, -0.2) is 0 Å². The fourth-order valence-electron chi connectivity index (χ4n) is 2.77. The molecule has 1 aromatic heterocycles. The lowest BCUT2D eigenvalue weighted by atomic mass is 9.98. The molecule has 108 valence electrons. The Kier molecular flexibility index (Phi) is 5.19. The van der Waals surface area contributed by atoms with Crippen LogP contribution in [0.25, 0.3) is 0 Å². The zero-order valence-corrected chi connectivity index (χ0v) is 12.4. The highest BCUT2D eigenvalue weighted by Crippen LogP contribution is 2.20. The molecular formula is C14H26N4O. The van der Waals surface area contributed by atoms with E-state index in [2.05, 4.69) is 33.8 Å². The van der Waals surface area contributed by atoms with Crippen LogP contribution in [0.15, 0.2) is 4.42 Å². The van der Waals surface area contributed by atoms with Gasteiger partial charge in [0.1, 0.15) is 0 Å². The minimum atomic E-state index is 0.664. The average Bonchev–Trinajstić information content (AvgIpc) is 2.88. The molecule has 1 fully saturated rings. The molecule has 0 spiro atoms. The fraction of sp³-hybridized carbons (Fsp3) is 0.857. The van der Waals surface area contributed by atoms with E-state index in [4.69, 9.17) is 4.42 Å². The Labute approximate surface area is 116 Å². The predicted molar refractivity (Wildman–Crippen MR) is 76.4 cm³/mol. The van der Waals surface area contributed by atoms with Gasteiger partial charge in [-0.3, -0.25) is 0 Å². The van der Waals surface area contributed by atoms with Crippen molar-refractivity contribution in [3.8, 4) is 0 Å². The molecular weight excluding hydrogens is 240 g/mol. The van der Waals surface area contributed by atoms with Gasteiger partial charge in [0.05, 0.1) is 0 Å². The molecule has 0 amide bonds. The third-order valence-corrected chi connectivity index (χ3v) is 3.83. The van der Waals surface area contributed by atoms with E-state index in [0.717, 1.165) is 31.8 Å². The fourth-order valence-corrected chi connectivity index (χ4v) is 2.77. The maximum absolute atomic E-state index is 5.67. The van der Waals surface area contributed by atoms with Crippen LogP contribution < -0.4 is 4.90 Å². The van der Waals surface area contributed by atoms with Crippen LogP contribution in [0.3, 0.4) is 0 Å². The van der Waals surface area contributed by atoms with Gasteiger partial charge in [0.25, 0.3) is 0 Å². The zero-order valence-electron chi connectivity index (χ0n) is 12.4.